The molecule has 6 atom stereocenters. The molecular weight excluding hydrogens is 681 g/mol. The molecule has 2 aliphatic carbocycles. The highest BCUT2D eigenvalue weighted by molar-refractivity contribution is 6.42. The summed E-state index contributed by atoms with van der Waals surface area (Å²) in [4.78, 5) is 40.6. The maximum Gasteiger partial charge on any atom is 0.271 e. The van der Waals surface area contributed by atoms with Gasteiger partial charge >= 0.3 is 0 Å². The van der Waals surface area contributed by atoms with Crippen LogP contribution in [0.25, 0.3) is 0 Å². The van der Waals surface area contributed by atoms with Crippen molar-refractivity contribution < 1.29 is 49.0 Å². The number of methoxy groups -OCH3 is 1. The smallest absolute Gasteiger partial charge is 0.271 e. The highest BCUT2D eigenvalue weighted by atomic mass is 35.5. The van der Waals surface area contributed by atoms with Crippen molar-refractivity contribution in [2.75, 3.05) is 7.11 Å². The van der Waals surface area contributed by atoms with Crippen molar-refractivity contribution in [3.63, 3.8) is 0 Å². The summed E-state index contributed by atoms with van der Waals surface area (Å²) < 4.78 is 17.5. The van der Waals surface area contributed by atoms with Crippen LogP contribution >= 0.6 is 23.2 Å². The van der Waals surface area contributed by atoms with E-state index in [2.05, 4.69) is 10.5 Å². The maximum atomic E-state index is 13.9. The van der Waals surface area contributed by atoms with Gasteiger partial charge in [-0.25, -0.2) is 5.43 Å². The predicted molar refractivity (Wildman–Crippen MR) is 177 cm³/mol. The molecule has 6 rings (SSSR count). The van der Waals surface area contributed by atoms with E-state index in [4.69, 9.17) is 43.1 Å². The number of ether oxygens (including phenoxy) is 3. The van der Waals surface area contributed by atoms with Crippen LogP contribution in [0.2, 0.25) is 10.0 Å². The lowest BCUT2D eigenvalue weighted by Crippen LogP contribution is -2.52. The molecule has 0 aromatic heterocycles. The number of phenolic OH excluding ortho intramolecular Hbond substituents is 2. The van der Waals surface area contributed by atoms with Crippen LogP contribution in [-0.4, -0.2) is 80.9 Å². The van der Waals surface area contributed by atoms with Gasteiger partial charge in [-0.2, -0.15) is 5.10 Å². The number of ketones is 2. The number of aromatic hydroxyl groups is 2. The number of amides is 1. The summed E-state index contributed by atoms with van der Waals surface area (Å²) in [5.41, 5.74) is 5.55. The van der Waals surface area contributed by atoms with Gasteiger partial charge in [0.25, 0.3) is 5.91 Å². The number of nitrogens with zero attached hydrogens (tertiary/aromatic N) is 1. The number of carbonyl (C=O) groups is 3. The van der Waals surface area contributed by atoms with E-state index in [-0.39, 0.29) is 62.2 Å². The first-order chi connectivity index (χ1) is 23.2. The van der Waals surface area contributed by atoms with Gasteiger partial charge in [-0.05, 0) is 38.1 Å². The Morgan fingerprint density at radius 2 is 1.80 bits per heavy atom. The van der Waals surface area contributed by atoms with Crippen molar-refractivity contribution in [1.82, 2.24) is 5.43 Å². The highest BCUT2D eigenvalue weighted by Gasteiger charge is 2.49. The lowest BCUT2D eigenvalue weighted by molar-refractivity contribution is -0.245. The van der Waals surface area contributed by atoms with Crippen LogP contribution in [-0.2, 0) is 15.9 Å². The highest BCUT2D eigenvalue weighted by Crippen LogP contribution is 2.52. The first-order valence-corrected chi connectivity index (χ1v) is 16.1. The van der Waals surface area contributed by atoms with Crippen molar-refractivity contribution in [3.05, 3.63) is 85.4 Å². The Morgan fingerprint density at radius 3 is 2.47 bits per heavy atom. The van der Waals surface area contributed by atoms with Gasteiger partial charge in [-0.3, -0.25) is 14.4 Å². The number of aliphatic hydroxyl groups is 2. The van der Waals surface area contributed by atoms with Gasteiger partial charge in [0.2, 0.25) is 5.78 Å². The number of hydrazone groups is 1. The Bertz CT molecular complexity index is 1920. The average Bonchev–Trinajstić information content (AvgIpc) is 3.06. The topological polar surface area (TPSA) is 210 Å². The fourth-order valence-corrected chi connectivity index (χ4v) is 6.90. The average molecular weight is 715 g/mol. The number of fused-ring (bicyclic) bond motifs is 3. The number of carbonyl (C=O) groups excluding carboxylic acids is 3. The van der Waals surface area contributed by atoms with Crippen LogP contribution in [0, 0.1) is 0 Å². The number of rotatable bonds is 6. The minimum atomic E-state index is -1.94. The minimum absolute atomic E-state index is 0.0145. The summed E-state index contributed by atoms with van der Waals surface area (Å²) in [5, 5.41) is 50.4. The van der Waals surface area contributed by atoms with Gasteiger partial charge in [0.05, 0.1) is 57.9 Å². The first-order valence-electron chi connectivity index (χ1n) is 15.3. The lowest BCUT2D eigenvalue weighted by Gasteiger charge is -2.42. The van der Waals surface area contributed by atoms with E-state index in [1.54, 1.807) is 6.92 Å². The molecule has 1 saturated heterocycles. The molecule has 258 valence electrons. The Labute approximate surface area is 290 Å². The molecule has 0 bridgehead atoms. The van der Waals surface area contributed by atoms with E-state index in [1.165, 1.54) is 50.4 Å². The quantitative estimate of drug-likeness (QED) is 0.0966. The molecular formula is C34H33Cl2N3O10. The molecule has 1 amide bonds. The number of nitrogens with one attached hydrogen (secondary N) is 1. The molecule has 0 saturated carbocycles. The summed E-state index contributed by atoms with van der Waals surface area (Å²) in [6, 6.07) is 7.92. The summed E-state index contributed by atoms with van der Waals surface area (Å²) in [7, 11) is 1.33. The molecule has 0 radical (unpaired) electrons. The van der Waals surface area contributed by atoms with Crippen LogP contribution in [0.5, 0.6) is 17.2 Å². The molecule has 3 aromatic carbocycles. The SMILES string of the molecule is COc1cccc2c1C(=O)c1c(O)c3c(c(O)c1C2=O)C[C@@](O)(/C(C)=N/NC(=O)c1ccc(Cl)c(Cl)c1)C[C@H]3O[C@H]1C[C@H](N)[C@H](O)[C@H](C)O1. The van der Waals surface area contributed by atoms with E-state index in [9.17, 15) is 34.8 Å². The van der Waals surface area contributed by atoms with E-state index in [0.717, 1.165) is 0 Å². The predicted octanol–water partition coefficient (Wildman–Crippen LogP) is 3.55. The van der Waals surface area contributed by atoms with E-state index >= 15 is 0 Å². The van der Waals surface area contributed by atoms with Crippen molar-refractivity contribution in [2.24, 2.45) is 10.8 Å². The Balaban J connectivity index is 1.44. The maximum absolute atomic E-state index is 13.9. The van der Waals surface area contributed by atoms with Crippen molar-refractivity contribution >= 4 is 46.4 Å². The van der Waals surface area contributed by atoms with Crippen molar-refractivity contribution in [3.8, 4) is 17.2 Å². The molecule has 7 N–H and O–H groups in total. The fourth-order valence-electron chi connectivity index (χ4n) is 6.61. The Morgan fingerprint density at radius 1 is 1.08 bits per heavy atom. The number of benzene rings is 3. The van der Waals surface area contributed by atoms with Crippen molar-refractivity contribution in [2.45, 2.75) is 69.4 Å². The molecule has 1 heterocycles. The van der Waals surface area contributed by atoms with Crippen LogP contribution in [0.4, 0.5) is 0 Å². The fraction of sp³-hybridized carbons (Fsp3) is 0.353. The standard InChI is InChI=1S/C34H33Cl2N3O10/c1-13-28(40)20(37)10-23(48-13)49-22-12-34(46,14(2)38-39-33(45)15-7-8-18(35)19(36)9-15)11-17-25(22)32(44)27-26(30(17)42)29(41)16-5-4-6-21(47-3)24(16)31(27)43/h4-9,13,20,22-23,28,40,42,44,46H,10-12,37H2,1-3H3,(H,39,45)/b38-14+/t13-,20-,22+,23-,28+,34-/m0/s1. The minimum Gasteiger partial charge on any atom is -0.507 e. The third-order valence-corrected chi connectivity index (χ3v) is 10.1. The van der Waals surface area contributed by atoms with Gasteiger partial charge in [-0.1, -0.05) is 35.3 Å². The number of halogens is 2. The second-order valence-corrected chi connectivity index (χ2v) is 13.2. The molecule has 1 aliphatic heterocycles. The zero-order valence-electron chi connectivity index (χ0n) is 26.5. The van der Waals surface area contributed by atoms with E-state index in [1.807, 2.05) is 0 Å². The monoisotopic (exact) mass is 713 g/mol. The van der Waals surface area contributed by atoms with Gasteiger partial charge in [0.1, 0.15) is 22.8 Å². The van der Waals surface area contributed by atoms with Gasteiger partial charge in [-0.15, -0.1) is 0 Å². The third-order valence-electron chi connectivity index (χ3n) is 9.32. The molecule has 0 unspecified atom stereocenters. The zero-order chi connectivity index (χ0) is 35.5. The molecule has 1 fully saturated rings. The summed E-state index contributed by atoms with van der Waals surface area (Å²) in [5.74, 6) is -3.32. The van der Waals surface area contributed by atoms with E-state index < -0.39 is 82.8 Å². The van der Waals surface area contributed by atoms with Gasteiger partial charge < -0.3 is 40.4 Å². The Hall–Kier alpha value is -4.08. The first kappa shape index (κ1) is 34.8. The summed E-state index contributed by atoms with van der Waals surface area (Å²) in [6.07, 6.45) is -4.71. The molecule has 49 heavy (non-hydrogen) atoms. The summed E-state index contributed by atoms with van der Waals surface area (Å²) in [6.45, 7) is 3.04. The molecule has 3 aliphatic rings. The van der Waals surface area contributed by atoms with E-state index in [0.29, 0.717) is 0 Å². The van der Waals surface area contributed by atoms with Crippen LogP contribution in [0.3, 0.4) is 0 Å². The number of hydrogen-bond acceptors (Lipinski definition) is 12. The lowest BCUT2D eigenvalue weighted by atomic mass is 9.71. The second kappa shape index (κ2) is 13.0. The van der Waals surface area contributed by atoms with Crippen LogP contribution in [0.15, 0.2) is 41.5 Å². The molecule has 13 nitrogen and oxygen atoms in total. The van der Waals surface area contributed by atoms with Gasteiger partial charge in [0, 0.05) is 47.6 Å². The normalized spacial score (nSPS) is 26.4. The molecule has 0 spiro atoms. The molecule has 15 heteroatoms. The van der Waals surface area contributed by atoms with Crippen LogP contribution < -0.4 is 15.9 Å². The number of nitrogens with two attached hydrogens (primary N) is 1. The number of phenols is 2. The third kappa shape index (κ3) is 5.95. The number of aliphatic hydroxyl groups excluding tert-OH is 1. The number of hydrogen-bond donors (Lipinski definition) is 6. The molecule has 3 aromatic rings. The zero-order valence-corrected chi connectivity index (χ0v) is 28.0. The summed E-state index contributed by atoms with van der Waals surface area (Å²) >= 11 is 12.0. The largest absolute Gasteiger partial charge is 0.507 e. The second-order valence-electron chi connectivity index (χ2n) is 12.3. The van der Waals surface area contributed by atoms with Crippen molar-refractivity contribution in [1.29, 1.82) is 0 Å². The van der Waals surface area contributed by atoms with Gasteiger partial charge in [0.15, 0.2) is 12.1 Å². The Kier molecular flexibility index (Phi) is 9.22. The van der Waals surface area contributed by atoms with Crippen LogP contribution in [0.1, 0.15) is 86.1 Å².